The van der Waals surface area contributed by atoms with Crippen molar-refractivity contribution in [1.29, 1.82) is 0 Å². The number of benzene rings is 1. The first-order chi connectivity index (χ1) is 10.0. The molecule has 6 nitrogen and oxygen atoms in total. The maximum atomic E-state index is 11.6. The van der Waals surface area contributed by atoms with Gasteiger partial charge >= 0.3 is 0 Å². The number of unbranched alkanes of at least 4 members (excludes halogenated alkanes) is 1. The molecule has 0 spiro atoms. The Morgan fingerprint density at radius 3 is 2.48 bits per heavy atom. The molecule has 120 valence electrons. The molecule has 0 atom stereocenters. The van der Waals surface area contributed by atoms with Crippen molar-refractivity contribution in [2.24, 2.45) is 0 Å². The fourth-order valence-corrected chi connectivity index (χ4v) is 2.94. The summed E-state index contributed by atoms with van der Waals surface area (Å²) >= 11 is 0. The van der Waals surface area contributed by atoms with E-state index < -0.39 is 10.0 Å². The lowest BCUT2D eigenvalue weighted by Crippen LogP contribution is -2.30. The molecule has 0 saturated heterocycles. The van der Waals surface area contributed by atoms with Crippen molar-refractivity contribution in [1.82, 2.24) is 4.72 Å². The topological polar surface area (TPSA) is 73.9 Å². The van der Waals surface area contributed by atoms with Crippen LogP contribution in [0.5, 0.6) is 17.2 Å². The van der Waals surface area contributed by atoms with Gasteiger partial charge in [0.2, 0.25) is 15.8 Å². The molecule has 0 amide bonds. The molecule has 0 fully saturated rings. The zero-order valence-electron chi connectivity index (χ0n) is 12.7. The Morgan fingerprint density at radius 1 is 1.14 bits per heavy atom. The average Bonchev–Trinajstić information content (AvgIpc) is 2.49. The summed E-state index contributed by atoms with van der Waals surface area (Å²) in [4.78, 5) is 0. The van der Waals surface area contributed by atoms with Crippen LogP contribution >= 0.6 is 0 Å². The summed E-state index contributed by atoms with van der Waals surface area (Å²) in [6, 6.07) is 5.29. The predicted octanol–water partition coefficient (Wildman–Crippen LogP) is 1.80. The molecule has 0 unspecified atom stereocenters. The van der Waals surface area contributed by atoms with Crippen molar-refractivity contribution in [3.63, 3.8) is 0 Å². The monoisotopic (exact) mass is 317 g/mol. The Kier molecular flexibility index (Phi) is 7.31. The van der Waals surface area contributed by atoms with Crippen molar-refractivity contribution in [3.05, 3.63) is 18.2 Å². The van der Waals surface area contributed by atoms with Crippen LogP contribution in [0, 0.1) is 0 Å². The van der Waals surface area contributed by atoms with Crippen LogP contribution in [-0.2, 0) is 10.0 Å². The Morgan fingerprint density at radius 2 is 1.86 bits per heavy atom. The van der Waals surface area contributed by atoms with E-state index in [4.69, 9.17) is 14.2 Å². The van der Waals surface area contributed by atoms with Gasteiger partial charge in [-0.25, -0.2) is 13.1 Å². The van der Waals surface area contributed by atoms with Crippen molar-refractivity contribution < 1.29 is 22.6 Å². The van der Waals surface area contributed by atoms with Gasteiger partial charge in [0.15, 0.2) is 11.5 Å². The van der Waals surface area contributed by atoms with Gasteiger partial charge in [-0.05, 0) is 18.6 Å². The molecule has 1 aromatic rings. The summed E-state index contributed by atoms with van der Waals surface area (Å²) in [7, 11) is -0.142. The maximum absolute atomic E-state index is 11.6. The molecule has 7 heteroatoms. The van der Waals surface area contributed by atoms with E-state index in [2.05, 4.69) is 4.72 Å². The van der Waals surface area contributed by atoms with E-state index in [1.807, 2.05) is 6.92 Å². The molecule has 21 heavy (non-hydrogen) atoms. The van der Waals surface area contributed by atoms with E-state index in [1.54, 1.807) is 25.3 Å². The van der Waals surface area contributed by atoms with E-state index in [-0.39, 0.29) is 18.9 Å². The van der Waals surface area contributed by atoms with Gasteiger partial charge < -0.3 is 14.2 Å². The third-order valence-corrected chi connectivity index (χ3v) is 4.29. The molecule has 0 aliphatic rings. The number of para-hydroxylation sites is 1. The van der Waals surface area contributed by atoms with E-state index >= 15 is 0 Å². The van der Waals surface area contributed by atoms with Gasteiger partial charge in [0.1, 0.15) is 6.61 Å². The second-order valence-electron chi connectivity index (χ2n) is 4.41. The van der Waals surface area contributed by atoms with Crippen LogP contribution in [0.1, 0.15) is 19.8 Å². The molecule has 1 rings (SSSR count). The fraction of sp³-hybridized carbons (Fsp3) is 0.571. The highest BCUT2D eigenvalue weighted by atomic mass is 32.2. The summed E-state index contributed by atoms with van der Waals surface area (Å²) in [5.74, 6) is 1.73. The first kappa shape index (κ1) is 17.6. The van der Waals surface area contributed by atoms with Crippen LogP contribution in [0.2, 0.25) is 0 Å². The number of nitrogens with one attached hydrogen (secondary N) is 1. The van der Waals surface area contributed by atoms with Gasteiger partial charge in [-0.3, -0.25) is 0 Å². The third kappa shape index (κ3) is 5.81. The van der Waals surface area contributed by atoms with Gasteiger partial charge in [0, 0.05) is 6.54 Å². The number of rotatable bonds is 10. The minimum atomic E-state index is -3.21. The number of hydrogen-bond acceptors (Lipinski definition) is 5. The quantitative estimate of drug-likeness (QED) is 0.666. The van der Waals surface area contributed by atoms with Gasteiger partial charge in [0.05, 0.1) is 20.0 Å². The number of sulfonamides is 1. The minimum absolute atomic E-state index is 0.145. The molecule has 0 bridgehead atoms. The van der Waals surface area contributed by atoms with Crippen LogP contribution in [0.3, 0.4) is 0 Å². The highest BCUT2D eigenvalue weighted by Crippen LogP contribution is 2.36. The van der Waals surface area contributed by atoms with E-state index in [1.165, 1.54) is 7.11 Å². The van der Waals surface area contributed by atoms with Gasteiger partial charge in [0.25, 0.3) is 0 Å². The molecule has 0 saturated carbocycles. The van der Waals surface area contributed by atoms with Crippen LogP contribution in [-0.4, -0.2) is 41.5 Å². The number of methoxy groups -OCH3 is 2. The Bertz CT molecular complexity index is 530. The molecule has 1 N–H and O–H groups in total. The molecule has 0 aliphatic heterocycles. The Labute approximate surface area is 126 Å². The third-order valence-electron chi connectivity index (χ3n) is 2.82. The maximum Gasteiger partial charge on any atom is 0.211 e. The molecule has 1 aromatic carbocycles. The van der Waals surface area contributed by atoms with E-state index in [0.717, 1.165) is 6.42 Å². The lowest BCUT2D eigenvalue weighted by Gasteiger charge is -2.13. The lowest BCUT2D eigenvalue weighted by atomic mass is 10.3. The SMILES string of the molecule is CCCCS(=O)(=O)NCCOc1cccc(OC)c1OC. The first-order valence-electron chi connectivity index (χ1n) is 6.85. The van der Waals surface area contributed by atoms with Crippen molar-refractivity contribution in [2.75, 3.05) is 33.1 Å². The normalized spacial score (nSPS) is 11.2. The molecule has 0 aromatic heterocycles. The van der Waals surface area contributed by atoms with Gasteiger partial charge in [-0.2, -0.15) is 0 Å². The largest absolute Gasteiger partial charge is 0.493 e. The van der Waals surface area contributed by atoms with Crippen LogP contribution in [0.15, 0.2) is 18.2 Å². The van der Waals surface area contributed by atoms with E-state index in [9.17, 15) is 8.42 Å². The summed E-state index contributed by atoms with van der Waals surface area (Å²) in [6.07, 6.45) is 1.50. The summed E-state index contributed by atoms with van der Waals surface area (Å²) in [5, 5.41) is 0. The number of hydrogen-bond donors (Lipinski definition) is 1. The highest BCUT2D eigenvalue weighted by molar-refractivity contribution is 7.89. The highest BCUT2D eigenvalue weighted by Gasteiger charge is 2.12. The van der Waals surface area contributed by atoms with Crippen molar-refractivity contribution in [2.45, 2.75) is 19.8 Å². The second kappa shape index (κ2) is 8.74. The second-order valence-corrected chi connectivity index (χ2v) is 6.33. The van der Waals surface area contributed by atoms with Crippen molar-refractivity contribution >= 4 is 10.0 Å². The zero-order valence-corrected chi connectivity index (χ0v) is 13.5. The molecule has 0 aliphatic carbocycles. The summed E-state index contributed by atoms with van der Waals surface area (Å²) in [6.45, 7) is 2.38. The minimum Gasteiger partial charge on any atom is -0.493 e. The van der Waals surface area contributed by atoms with Gasteiger partial charge in [-0.1, -0.05) is 19.4 Å². The summed E-state index contributed by atoms with van der Waals surface area (Å²) < 4.78 is 41.7. The molecular weight excluding hydrogens is 294 g/mol. The molecular formula is C14H23NO5S. The lowest BCUT2D eigenvalue weighted by molar-refractivity contribution is 0.287. The van der Waals surface area contributed by atoms with Crippen LogP contribution < -0.4 is 18.9 Å². The van der Waals surface area contributed by atoms with Crippen molar-refractivity contribution in [3.8, 4) is 17.2 Å². The van der Waals surface area contributed by atoms with Crippen LogP contribution in [0.25, 0.3) is 0 Å². The Hall–Kier alpha value is -1.47. The predicted molar refractivity (Wildman–Crippen MR) is 81.7 cm³/mol. The summed E-state index contributed by atoms with van der Waals surface area (Å²) in [5.41, 5.74) is 0. The molecule has 0 heterocycles. The van der Waals surface area contributed by atoms with E-state index in [0.29, 0.717) is 23.7 Å². The zero-order chi connectivity index (χ0) is 15.7. The molecule has 0 radical (unpaired) electrons. The standard InChI is InChI=1S/C14H23NO5S/c1-4-5-11-21(16,17)15-9-10-20-13-8-6-7-12(18-2)14(13)19-3/h6-8,15H,4-5,9-11H2,1-3H3. The van der Waals surface area contributed by atoms with Gasteiger partial charge in [-0.15, -0.1) is 0 Å². The smallest absolute Gasteiger partial charge is 0.211 e. The van der Waals surface area contributed by atoms with Crippen LogP contribution in [0.4, 0.5) is 0 Å². The number of ether oxygens (including phenoxy) is 3. The first-order valence-corrected chi connectivity index (χ1v) is 8.50. The average molecular weight is 317 g/mol. The Balaban J connectivity index is 2.50. The fourth-order valence-electron chi connectivity index (χ4n) is 1.74.